The molecule has 0 aliphatic carbocycles. The molecule has 0 bridgehead atoms. The number of nitrogens with zero attached hydrogens (tertiary/aromatic N) is 6. The molecule has 4 aromatic rings. The molecule has 0 spiro atoms. The number of aromatic amines is 1. The zero-order chi connectivity index (χ0) is 18.1. The Kier molecular flexibility index (Phi) is 3.96. The van der Waals surface area contributed by atoms with E-state index in [4.69, 9.17) is 0 Å². The number of imidazole rings is 1. The van der Waals surface area contributed by atoms with E-state index < -0.39 is 0 Å². The largest absolute Gasteiger partial charge is 0.326 e. The summed E-state index contributed by atoms with van der Waals surface area (Å²) in [5.74, 6) is 3.41. The van der Waals surface area contributed by atoms with E-state index in [2.05, 4.69) is 59.2 Å². The fourth-order valence-electron chi connectivity index (χ4n) is 2.90. The zero-order valence-electron chi connectivity index (χ0n) is 14.7. The Morgan fingerprint density at radius 1 is 1.04 bits per heavy atom. The summed E-state index contributed by atoms with van der Waals surface area (Å²) in [6, 6.07) is 5.89. The minimum Gasteiger partial charge on any atom is -0.326 e. The molecule has 132 valence electrons. The summed E-state index contributed by atoms with van der Waals surface area (Å²) < 4.78 is 2.19. The van der Waals surface area contributed by atoms with Gasteiger partial charge in [0, 0.05) is 30.6 Å². The molecule has 4 heterocycles. The molecule has 0 saturated heterocycles. The minimum atomic E-state index is 0.318. The first-order valence-corrected chi connectivity index (χ1v) is 8.31. The molecule has 4 aromatic heterocycles. The first kappa shape index (κ1) is 16.0. The third kappa shape index (κ3) is 3.06. The SMILES string of the molecule is Cc1nc2cnc(Nc3ccnc(Nc4cc[nH]n4)n3)cc2n1C(C)C. The molecule has 0 aliphatic heterocycles. The molecular formula is C17H19N9. The van der Waals surface area contributed by atoms with Crippen LogP contribution in [-0.2, 0) is 0 Å². The van der Waals surface area contributed by atoms with Crippen molar-refractivity contribution in [2.75, 3.05) is 10.6 Å². The van der Waals surface area contributed by atoms with E-state index in [0.717, 1.165) is 16.9 Å². The van der Waals surface area contributed by atoms with E-state index in [-0.39, 0.29) is 0 Å². The zero-order valence-corrected chi connectivity index (χ0v) is 14.7. The first-order chi connectivity index (χ1) is 12.6. The van der Waals surface area contributed by atoms with Crippen LogP contribution in [0.25, 0.3) is 11.0 Å². The first-order valence-electron chi connectivity index (χ1n) is 8.31. The molecule has 4 rings (SSSR count). The summed E-state index contributed by atoms with van der Waals surface area (Å²) in [7, 11) is 0. The predicted molar refractivity (Wildman–Crippen MR) is 99.8 cm³/mol. The number of pyridine rings is 1. The van der Waals surface area contributed by atoms with E-state index in [1.807, 2.05) is 13.0 Å². The van der Waals surface area contributed by atoms with Gasteiger partial charge in [-0.15, -0.1) is 0 Å². The number of fused-ring (bicyclic) bond motifs is 1. The molecule has 0 atom stereocenters. The van der Waals surface area contributed by atoms with Gasteiger partial charge in [-0.1, -0.05) is 0 Å². The molecule has 3 N–H and O–H groups in total. The molecule has 9 heteroatoms. The van der Waals surface area contributed by atoms with Crippen LogP contribution in [0.1, 0.15) is 25.7 Å². The van der Waals surface area contributed by atoms with Gasteiger partial charge in [-0.2, -0.15) is 10.1 Å². The lowest BCUT2D eigenvalue weighted by Gasteiger charge is -2.11. The van der Waals surface area contributed by atoms with E-state index in [0.29, 0.717) is 29.4 Å². The van der Waals surface area contributed by atoms with Crippen LogP contribution in [0.4, 0.5) is 23.4 Å². The van der Waals surface area contributed by atoms with E-state index in [1.54, 1.807) is 30.7 Å². The maximum Gasteiger partial charge on any atom is 0.230 e. The van der Waals surface area contributed by atoms with Crippen LogP contribution in [0.15, 0.2) is 36.8 Å². The third-order valence-electron chi connectivity index (χ3n) is 3.92. The van der Waals surface area contributed by atoms with E-state index in [1.165, 1.54) is 0 Å². The summed E-state index contributed by atoms with van der Waals surface area (Å²) in [5.41, 5.74) is 1.92. The number of rotatable bonds is 5. The van der Waals surface area contributed by atoms with Crippen molar-refractivity contribution < 1.29 is 0 Å². The minimum absolute atomic E-state index is 0.318. The van der Waals surface area contributed by atoms with Crippen LogP contribution in [0.2, 0.25) is 0 Å². The van der Waals surface area contributed by atoms with Crippen molar-refractivity contribution in [3.63, 3.8) is 0 Å². The fourth-order valence-corrected chi connectivity index (χ4v) is 2.90. The average molecular weight is 349 g/mol. The van der Waals surface area contributed by atoms with Gasteiger partial charge in [0.25, 0.3) is 0 Å². The highest BCUT2D eigenvalue weighted by atomic mass is 15.2. The highest BCUT2D eigenvalue weighted by Gasteiger charge is 2.12. The molecule has 26 heavy (non-hydrogen) atoms. The highest BCUT2D eigenvalue weighted by molar-refractivity contribution is 5.79. The number of anilines is 4. The Labute approximate surface area is 149 Å². The summed E-state index contributed by atoms with van der Waals surface area (Å²) >= 11 is 0. The van der Waals surface area contributed by atoms with Gasteiger partial charge in [-0.25, -0.2) is 15.0 Å². The van der Waals surface area contributed by atoms with Gasteiger partial charge < -0.3 is 15.2 Å². The van der Waals surface area contributed by atoms with Crippen LogP contribution in [-0.4, -0.2) is 34.7 Å². The van der Waals surface area contributed by atoms with Crippen LogP contribution in [0, 0.1) is 6.92 Å². The van der Waals surface area contributed by atoms with Crippen molar-refractivity contribution in [1.82, 2.24) is 34.7 Å². The van der Waals surface area contributed by atoms with Crippen LogP contribution >= 0.6 is 0 Å². The Hall–Kier alpha value is -3.49. The van der Waals surface area contributed by atoms with Crippen molar-refractivity contribution in [2.45, 2.75) is 26.8 Å². The second-order valence-corrected chi connectivity index (χ2v) is 6.16. The van der Waals surface area contributed by atoms with Crippen molar-refractivity contribution in [2.24, 2.45) is 0 Å². The lowest BCUT2D eigenvalue weighted by Crippen LogP contribution is -2.04. The number of hydrogen-bond acceptors (Lipinski definition) is 7. The number of hydrogen-bond donors (Lipinski definition) is 3. The Balaban J connectivity index is 1.62. The smallest absolute Gasteiger partial charge is 0.230 e. The Morgan fingerprint density at radius 2 is 1.92 bits per heavy atom. The molecule has 0 unspecified atom stereocenters. The van der Waals surface area contributed by atoms with Crippen LogP contribution < -0.4 is 10.6 Å². The molecule has 0 aliphatic rings. The molecule has 9 nitrogen and oxygen atoms in total. The normalized spacial score (nSPS) is 11.2. The molecule has 0 saturated carbocycles. The van der Waals surface area contributed by atoms with Crippen molar-refractivity contribution in [1.29, 1.82) is 0 Å². The Morgan fingerprint density at radius 3 is 2.69 bits per heavy atom. The lowest BCUT2D eigenvalue weighted by atomic mass is 10.3. The van der Waals surface area contributed by atoms with Crippen molar-refractivity contribution in [3.05, 3.63) is 42.6 Å². The molecule has 0 fully saturated rings. The van der Waals surface area contributed by atoms with E-state index in [9.17, 15) is 0 Å². The fraction of sp³-hybridized carbons (Fsp3) is 0.235. The van der Waals surface area contributed by atoms with Crippen molar-refractivity contribution >= 4 is 34.4 Å². The third-order valence-corrected chi connectivity index (χ3v) is 3.92. The summed E-state index contributed by atoms with van der Waals surface area (Å²) in [6.45, 7) is 6.28. The quantitative estimate of drug-likeness (QED) is 0.507. The maximum atomic E-state index is 4.57. The van der Waals surface area contributed by atoms with Gasteiger partial charge >= 0.3 is 0 Å². The van der Waals surface area contributed by atoms with E-state index >= 15 is 0 Å². The number of aromatic nitrogens is 7. The topological polar surface area (TPSA) is 109 Å². The number of H-pyrrole nitrogens is 1. The summed E-state index contributed by atoms with van der Waals surface area (Å²) in [6.07, 6.45) is 5.17. The predicted octanol–water partition coefficient (Wildman–Crippen LogP) is 3.32. The average Bonchev–Trinajstić information content (AvgIpc) is 3.21. The van der Waals surface area contributed by atoms with Gasteiger partial charge in [0.15, 0.2) is 5.82 Å². The standard InChI is InChI=1S/C17H19N9/c1-10(2)26-11(3)21-12-9-19-16(8-13(12)26)22-14-4-6-18-17(23-14)24-15-5-7-20-25-15/h4-10H,1-3H3,(H3,18,19,20,22,23,24,25). The second kappa shape index (κ2) is 6.43. The number of aryl methyl sites for hydroxylation is 1. The van der Waals surface area contributed by atoms with Gasteiger partial charge in [-0.05, 0) is 26.8 Å². The van der Waals surface area contributed by atoms with Crippen LogP contribution in [0.3, 0.4) is 0 Å². The monoisotopic (exact) mass is 349 g/mol. The van der Waals surface area contributed by atoms with Gasteiger partial charge in [0.2, 0.25) is 5.95 Å². The second-order valence-electron chi connectivity index (χ2n) is 6.16. The summed E-state index contributed by atoms with van der Waals surface area (Å²) in [4.78, 5) is 17.6. The van der Waals surface area contributed by atoms with Crippen LogP contribution in [0.5, 0.6) is 0 Å². The number of nitrogens with one attached hydrogen (secondary N) is 3. The van der Waals surface area contributed by atoms with Gasteiger partial charge in [0.05, 0.1) is 11.7 Å². The molecular weight excluding hydrogens is 330 g/mol. The highest BCUT2D eigenvalue weighted by Crippen LogP contribution is 2.23. The summed E-state index contributed by atoms with van der Waals surface area (Å²) in [5, 5.41) is 13.0. The van der Waals surface area contributed by atoms with Crippen molar-refractivity contribution in [3.8, 4) is 0 Å². The van der Waals surface area contributed by atoms with Gasteiger partial charge in [-0.3, -0.25) is 5.10 Å². The van der Waals surface area contributed by atoms with Gasteiger partial charge in [0.1, 0.15) is 23.0 Å². The Bertz CT molecular complexity index is 1030. The molecule has 0 aromatic carbocycles. The lowest BCUT2D eigenvalue weighted by molar-refractivity contribution is 0.600. The maximum absolute atomic E-state index is 4.57. The molecule has 0 radical (unpaired) electrons. The molecule has 0 amide bonds.